The predicted molar refractivity (Wildman–Crippen MR) is 387 cm³/mol. The molecule has 0 spiro atoms. The number of quaternary nitrogens is 1. The zero-order valence-electron chi connectivity index (χ0n) is 58.0. The number of phosphoric ester groups is 1. The molecular weight excluding hydrogens is 1130 g/mol. The quantitative estimate of drug-likeness (QED) is 0.0195. The van der Waals surface area contributed by atoms with Crippen molar-refractivity contribution in [2.75, 3.05) is 47.5 Å². The van der Waals surface area contributed by atoms with Crippen LogP contribution >= 0.6 is 7.82 Å². The van der Waals surface area contributed by atoms with Crippen LogP contribution < -0.4 is 4.89 Å². The number of unbranched alkanes of at least 4 members (excludes halogenated alkanes) is 22. The Morgan fingerprint density at radius 2 is 0.600 bits per heavy atom. The first-order valence-corrected chi connectivity index (χ1v) is 37.3. The van der Waals surface area contributed by atoms with Crippen LogP contribution in [0.2, 0.25) is 0 Å². The van der Waals surface area contributed by atoms with Crippen LogP contribution in [0.1, 0.15) is 271 Å². The Kier molecular flexibility index (Phi) is 65.2. The van der Waals surface area contributed by atoms with Crippen LogP contribution in [-0.4, -0.2) is 70.0 Å². The number of phosphoric acid groups is 1. The number of esters is 2. The second kappa shape index (κ2) is 68.7. The van der Waals surface area contributed by atoms with Crippen LogP contribution in [0.15, 0.2) is 170 Å². The summed E-state index contributed by atoms with van der Waals surface area (Å²) in [6.45, 7) is 4.00. The third kappa shape index (κ3) is 72.4. The van der Waals surface area contributed by atoms with Crippen molar-refractivity contribution in [2.24, 2.45) is 0 Å². The molecule has 0 heterocycles. The lowest BCUT2D eigenvalue weighted by atomic mass is 10.0. The average molecular weight is 1270 g/mol. The fourth-order valence-electron chi connectivity index (χ4n) is 9.32. The standard InChI is InChI=1S/C80H132NO8P/c1-6-8-10-12-14-16-18-20-22-24-26-28-30-32-34-36-38-39-40-41-43-45-47-49-51-53-55-57-59-61-63-65-67-69-71-73-80(83)89-78(77-88-90(84,85)87-75-74-81(3,4)5)76-86-79(82)72-70-68-66-64-62-60-58-56-54-52-50-48-46-44-42-37-35-33-31-29-27-25-23-21-19-17-15-13-11-9-7-2/h8-11,14-17,20-23,26-29,32-35,38-39,41-44,48,50,78H,6-7,12-13,18-19,24-25,30-31,36-37,40,45-47,49,51-77H2,1-5H3/b10-8-,11-9-,16-14-,17-15-,22-20-,23-21-,28-26-,29-27-,34-32-,35-33-,39-38-,43-41-,44-42-,50-48-. The SMILES string of the molecule is CC/C=C\C/C=C\C/C=C\C/C=C\C/C=C\C/C=C\C/C=C\CCCCCCCCCCCCCCCC(=O)OC(COC(=O)CCCCCCCCCCC/C=C\C/C=C\C/C=C\C/C=C\C/C=C\C/C=C\C/C=C\CC)COP(=O)([O-])OCC[N+](C)(C)C. The van der Waals surface area contributed by atoms with Gasteiger partial charge in [-0.25, -0.2) is 0 Å². The molecule has 0 N–H and O–H groups in total. The Bertz CT molecular complexity index is 2130. The van der Waals surface area contributed by atoms with E-state index in [9.17, 15) is 19.0 Å². The smallest absolute Gasteiger partial charge is 0.306 e. The lowest BCUT2D eigenvalue weighted by Gasteiger charge is -2.28. The molecule has 0 rings (SSSR count). The average Bonchev–Trinajstić information content (AvgIpc) is 3.61. The van der Waals surface area contributed by atoms with Crippen molar-refractivity contribution in [1.29, 1.82) is 0 Å². The molecule has 0 radical (unpaired) electrons. The van der Waals surface area contributed by atoms with Gasteiger partial charge in [-0.3, -0.25) is 14.2 Å². The van der Waals surface area contributed by atoms with Gasteiger partial charge in [-0.1, -0.05) is 300 Å². The van der Waals surface area contributed by atoms with E-state index in [0.717, 1.165) is 135 Å². The third-order valence-corrected chi connectivity index (χ3v) is 15.7. The monoisotopic (exact) mass is 1270 g/mol. The van der Waals surface area contributed by atoms with Crippen molar-refractivity contribution >= 4 is 19.8 Å². The van der Waals surface area contributed by atoms with Gasteiger partial charge < -0.3 is 27.9 Å². The van der Waals surface area contributed by atoms with Gasteiger partial charge in [-0.15, -0.1) is 0 Å². The molecule has 0 fully saturated rings. The van der Waals surface area contributed by atoms with Crippen molar-refractivity contribution in [3.05, 3.63) is 170 Å². The van der Waals surface area contributed by atoms with Crippen molar-refractivity contribution in [3.63, 3.8) is 0 Å². The topological polar surface area (TPSA) is 111 Å². The Morgan fingerprint density at radius 1 is 0.344 bits per heavy atom. The van der Waals surface area contributed by atoms with Crippen LogP contribution in [0, 0.1) is 0 Å². The molecule has 0 aliphatic rings. The van der Waals surface area contributed by atoms with E-state index in [0.29, 0.717) is 23.9 Å². The maximum Gasteiger partial charge on any atom is 0.306 e. The van der Waals surface area contributed by atoms with Crippen LogP contribution in [0.4, 0.5) is 0 Å². The third-order valence-electron chi connectivity index (χ3n) is 14.7. The molecule has 0 aromatic heterocycles. The zero-order chi connectivity index (χ0) is 65.5. The first-order valence-electron chi connectivity index (χ1n) is 35.8. The van der Waals surface area contributed by atoms with E-state index < -0.39 is 32.5 Å². The summed E-state index contributed by atoms with van der Waals surface area (Å²) >= 11 is 0. The van der Waals surface area contributed by atoms with E-state index in [-0.39, 0.29) is 26.1 Å². The van der Waals surface area contributed by atoms with Gasteiger partial charge in [-0.05, 0) is 128 Å². The highest BCUT2D eigenvalue weighted by atomic mass is 31.2. The largest absolute Gasteiger partial charge is 0.756 e. The zero-order valence-corrected chi connectivity index (χ0v) is 58.9. The summed E-state index contributed by atoms with van der Waals surface area (Å²) in [4.78, 5) is 38.1. The normalized spacial score (nSPS) is 14.2. The van der Waals surface area contributed by atoms with Gasteiger partial charge in [-0.2, -0.15) is 0 Å². The summed E-state index contributed by atoms with van der Waals surface area (Å²) in [5, 5.41) is 0. The summed E-state index contributed by atoms with van der Waals surface area (Å²) in [6, 6.07) is 0. The van der Waals surface area contributed by atoms with E-state index in [2.05, 4.69) is 184 Å². The van der Waals surface area contributed by atoms with Gasteiger partial charge >= 0.3 is 11.9 Å². The molecule has 0 bridgehead atoms. The Labute approximate surface area is 553 Å². The molecule has 0 aromatic rings. The van der Waals surface area contributed by atoms with Gasteiger partial charge in [0.1, 0.15) is 19.8 Å². The van der Waals surface area contributed by atoms with Crippen LogP contribution in [0.5, 0.6) is 0 Å². The Balaban J connectivity index is 4.11. The number of rotatable bonds is 64. The molecule has 9 nitrogen and oxygen atoms in total. The molecule has 0 aliphatic heterocycles. The number of nitrogens with zero attached hydrogens (tertiary/aromatic N) is 1. The number of hydrogen-bond acceptors (Lipinski definition) is 8. The summed E-state index contributed by atoms with van der Waals surface area (Å²) in [5.41, 5.74) is 0. The maximum atomic E-state index is 12.9. The molecule has 0 saturated heterocycles. The van der Waals surface area contributed by atoms with Crippen molar-refractivity contribution in [2.45, 2.75) is 277 Å². The molecule has 2 unspecified atom stereocenters. The lowest BCUT2D eigenvalue weighted by molar-refractivity contribution is -0.870. The minimum absolute atomic E-state index is 0.0400. The highest BCUT2D eigenvalue weighted by Crippen LogP contribution is 2.38. The van der Waals surface area contributed by atoms with E-state index >= 15 is 0 Å². The molecule has 0 aliphatic carbocycles. The maximum absolute atomic E-state index is 12.9. The molecule has 0 saturated carbocycles. The van der Waals surface area contributed by atoms with Crippen LogP contribution in [-0.2, 0) is 32.7 Å². The molecular formula is C80H132NO8P. The van der Waals surface area contributed by atoms with Crippen molar-refractivity contribution in [3.8, 4) is 0 Å². The van der Waals surface area contributed by atoms with E-state index in [1.165, 1.54) is 96.3 Å². The predicted octanol–water partition coefficient (Wildman–Crippen LogP) is 23.1. The molecule has 90 heavy (non-hydrogen) atoms. The lowest BCUT2D eigenvalue weighted by Crippen LogP contribution is -2.37. The molecule has 510 valence electrons. The highest BCUT2D eigenvalue weighted by Gasteiger charge is 2.22. The van der Waals surface area contributed by atoms with Crippen molar-refractivity contribution < 1.29 is 42.1 Å². The van der Waals surface area contributed by atoms with Gasteiger partial charge in [0, 0.05) is 12.8 Å². The minimum atomic E-state index is -4.66. The number of carbonyl (C=O) groups is 2. The highest BCUT2D eigenvalue weighted by molar-refractivity contribution is 7.45. The van der Waals surface area contributed by atoms with Crippen LogP contribution in [0.3, 0.4) is 0 Å². The van der Waals surface area contributed by atoms with E-state index in [1.54, 1.807) is 0 Å². The van der Waals surface area contributed by atoms with Gasteiger partial charge in [0.15, 0.2) is 6.10 Å². The molecule has 0 amide bonds. The number of ether oxygens (including phenoxy) is 2. The van der Waals surface area contributed by atoms with Gasteiger partial charge in [0.25, 0.3) is 7.82 Å². The van der Waals surface area contributed by atoms with Crippen molar-refractivity contribution in [1.82, 2.24) is 0 Å². The number of hydrogen-bond donors (Lipinski definition) is 0. The first kappa shape index (κ1) is 85.4. The second-order valence-corrected chi connectivity index (χ2v) is 25.9. The molecule has 0 aromatic carbocycles. The number of likely N-dealkylation sites (N-methyl/N-ethyl adjacent to an activating group) is 1. The first-order chi connectivity index (χ1) is 44.0. The summed E-state index contributed by atoms with van der Waals surface area (Å²) < 4.78 is 34.3. The number of carbonyl (C=O) groups excluding carboxylic acids is 2. The summed E-state index contributed by atoms with van der Waals surface area (Å²) in [6.07, 6.45) is 104. The fourth-order valence-corrected chi connectivity index (χ4v) is 10.1. The molecule has 2 atom stereocenters. The second-order valence-electron chi connectivity index (χ2n) is 24.5. The number of allylic oxidation sites excluding steroid dienone is 28. The van der Waals surface area contributed by atoms with E-state index in [1.807, 2.05) is 21.1 Å². The molecule has 10 heteroatoms. The van der Waals surface area contributed by atoms with Crippen LogP contribution in [0.25, 0.3) is 0 Å². The van der Waals surface area contributed by atoms with Gasteiger partial charge in [0.05, 0.1) is 27.7 Å². The Hall–Kier alpha value is -4.63. The Morgan fingerprint density at radius 3 is 0.889 bits per heavy atom. The summed E-state index contributed by atoms with van der Waals surface area (Å²) in [5.74, 6) is -0.848. The summed E-state index contributed by atoms with van der Waals surface area (Å²) in [7, 11) is 1.14. The fraction of sp³-hybridized carbons (Fsp3) is 0.625. The minimum Gasteiger partial charge on any atom is -0.756 e. The van der Waals surface area contributed by atoms with E-state index in [4.69, 9.17) is 18.5 Å². The van der Waals surface area contributed by atoms with Gasteiger partial charge in [0.2, 0.25) is 0 Å².